The van der Waals surface area contributed by atoms with Crippen molar-refractivity contribution in [2.45, 2.75) is 52.7 Å². The fraction of sp³-hybridized carbons (Fsp3) is 0.562. The lowest BCUT2D eigenvalue weighted by Crippen LogP contribution is -2.39. The zero-order valence-electron chi connectivity index (χ0n) is 14.4. The van der Waals surface area contributed by atoms with Gasteiger partial charge in [-0.05, 0) is 34.2 Å². The Morgan fingerprint density at radius 2 is 2.22 bits per heavy atom. The van der Waals surface area contributed by atoms with Gasteiger partial charge in [-0.3, -0.25) is 9.69 Å². The third-order valence-electron chi connectivity index (χ3n) is 4.04. The molecule has 0 saturated carbocycles. The first-order valence-electron chi connectivity index (χ1n) is 7.88. The molecule has 2 aromatic rings. The van der Waals surface area contributed by atoms with Crippen LogP contribution in [-0.2, 0) is 11.3 Å². The summed E-state index contributed by atoms with van der Waals surface area (Å²) in [5.74, 6) is 0.719. The molecular weight excluding hydrogens is 310 g/mol. The van der Waals surface area contributed by atoms with Gasteiger partial charge in [0.2, 0.25) is 5.91 Å². The van der Waals surface area contributed by atoms with E-state index in [2.05, 4.69) is 29.2 Å². The van der Waals surface area contributed by atoms with E-state index in [4.69, 9.17) is 0 Å². The lowest BCUT2D eigenvalue weighted by atomic mass is 10.2. The predicted octanol–water partition coefficient (Wildman–Crippen LogP) is 3.08. The average Bonchev–Trinajstić information content (AvgIpc) is 3.14. The molecule has 2 rings (SSSR count). The van der Waals surface area contributed by atoms with Crippen LogP contribution in [0.3, 0.4) is 0 Å². The Labute approximate surface area is 141 Å². The number of thiazole rings is 1. The number of nitrogens with one attached hydrogen (secondary N) is 1. The van der Waals surface area contributed by atoms with Gasteiger partial charge in [0.25, 0.3) is 0 Å². The summed E-state index contributed by atoms with van der Waals surface area (Å²) in [5.41, 5.74) is 0. The zero-order chi connectivity index (χ0) is 17.0. The smallest absolute Gasteiger partial charge is 0.242 e. The molecule has 0 aliphatic carbocycles. The van der Waals surface area contributed by atoms with Gasteiger partial charge >= 0.3 is 0 Å². The van der Waals surface area contributed by atoms with Gasteiger partial charge in [-0.25, -0.2) is 9.67 Å². The van der Waals surface area contributed by atoms with E-state index in [0.717, 1.165) is 22.1 Å². The van der Waals surface area contributed by atoms with E-state index in [0.29, 0.717) is 6.54 Å². The van der Waals surface area contributed by atoms with E-state index in [-0.39, 0.29) is 18.0 Å². The molecule has 7 heteroatoms. The molecule has 6 nitrogen and oxygen atoms in total. The Hall–Kier alpha value is -1.73. The van der Waals surface area contributed by atoms with Crippen molar-refractivity contribution in [3.8, 4) is 0 Å². The molecule has 126 valence electrons. The highest BCUT2D eigenvalue weighted by atomic mass is 32.1. The van der Waals surface area contributed by atoms with Gasteiger partial charge in [-0.15, -0.1) is 11.3 Å². The first-order chi connectivity index (χ1) is 10.9. The second-order valence-electron chi connectivity index (χ2n) is 5.84. The maximum Gasteiger partial charge on any atom is 0.242 e. The highest BCUT2D eigenvalue weighted by molar-refractivity contribution is 7.11. The van der Waals surface area contributed by atoms with E-state index in [1.807, 2.05) is 42.7 Å². The van der Waals surface area contributed by atoms with Crippen molar-refractivity contribution in [3.63, 3.8) is 0 Å². The predicted molar refractivity (Wildman–Crippen MR) is 93.6 cm³/mol. The summed E-state index contributed by atoms with van der Waals surface area (Å²) in [6.07, 6.45) is 4.56. The van der Waals surface area contributed by atoms with Crippen LogP contribution in [0, 0.1) is 6.92 Å². The maximum atomic E-state index is 12.5. The second-order valence-corrected chi connectivity index (χ2v) is 7.16. The van der Waals surface area contributed by atoms with E-state index in [1.54, 1.807) is 17.5 Å². The molecule has 0 aliphatic heterocycles. The normalized spacial score (nSPS) is 14.0. The Kier molecular flexibility index (Phi) is 5.90. The molecule has 0 spiro atoms. The van der Waals surface area contributed by atoms with Crippen molar-refractivity contribution >= 4 is 23.1 Å². The first-order valence-corrected chi connectivity index (χ1v) is 8.70. The average molecular weight is 335 g/mol. The van der Waals surface area contributed by atoms with E-state index in [9.17, 15) is 4.79 Å². The van der Waals surface area contributed by atoms with Gasteiger partial charge in [-0.2, -0.15) is 5.10 Å². The van der Waals surface area contributed by atoms with E-state index < -0.39 is 0 Å². The highest BCUT2D eigenvalue weighted by Crippen LogP contribution is 2.18. The number of carbonyl (C=O) groups excluding carboxylic acids is 1. The molecule has 0 aliphatic rings. The summed E-state index contributed by atoms with van der Waals surface area (Å²) in [5, 5.41) is 8.33. The van der Waals surface area contributed by atoms with Gasteiger partial charge in [0, 0.05) is 23.7 Å². The number of nitrogens with zero attached hydrogens (tertiary/aromatic N) is 4. The molecule has 2 aromatic heterocycles. The molecule has 0 bridgehead atoms. The number of aryl methyl sites for hydroxylation is 1. The fourth-order valence-corrected chi connectivity index (χ4v) is 3.09. The molecule has 2 atom stereocenters. The minimum absolute atomic E-state index is 0.0289. The van der Waals surface area contributed by atoms with Crippen LogP contribution in [0.15, 0.2) is 18.5 Å². The summed E-state index contributed by atoms with van der Waals surface area (Å²) in [4.78, 5) is 19.9. The molecule has 0 unspecified atom stereocenters. The molecule has 1 N–H and O–H groups in total. The van der Waals surface area contributed by atoms with E-state index in [1.165, 1.54) is 0 Å². The number of anilines is 1. The topological polar surface area (TPSA) is 63.1 Å². The Morgan fingerprint density at radius 1 is 1.48 bits per heavy atom. The van der Waals surface area contributed by atoms with Crippen LogP contribution in [0.25, 0.3) is 0 Å². The number of aromatic nitrogens is 3. The number of hydrogen-bond acceptors (Lipinski definition) is 5. The second kappa shape index (κ2) is 7.70. The van der Waals surface area contributed by atoms with Crippen molar-refractivity contribution < 1.29 is 4.79 Å². The van der Waals surface area contributed by atoms with Crippen molar-refractivity contribution in [1.82, 2.24) is 19.7 Å². The van der Waals surface area contributed by atoms with Crippen molar-refractivity contribution in [2.24, 2.45) is 0 Å². The number of amides is 1. The van der Waals surface area contributed by atoms with Crippen LogP contribution in [-0.4, -0.2) is 38.7 Å². The van der Waals surface area contributed by atoms with Crippen molar-refractivity contribution in [2.75, 3.05) is 12.4 Å². The van der Waals surface area contributed by atoms with Crippen molar-refractivity contribution in [1.29, 1.82) is 0 Å². The number of carbonyl (C=O) groups is 1. The summed E-state index contributed by atoms with van der Waals surface area (Å²) >= 11 is 1.66. The van der Waals surface area contributed by atoms with Crippen molar-refractivity contribution in [3.05, 3.63) is 28.3 Å². The summed E-state index contributed by atoms with van der Waals surface area (Å²) in [6, 6.07) is 1.86. The Morgan fingerprint density at radius 3 is 2.83 bits per heavy atom. The van der Waals surface area contributed by atoms with Crippen LogP contribution in [0.4, 0.5) is 5.82 Å². The van der Waals surface area contributed by atoms with Gasteiger partial charge in [0.1, 0.15) is 5.82 Å². The molecule has 23 heavy (non-hydrogen) atoms. The minimum Gasteiger partial charge on any atom is -0.310 e. The lowest BCUT2D eigenvalue weighted by Gasteiger charge is -2.23. The van der Waals surface area contributed by atoms with Gasteiger partial charge < -0.3 is 5.32 Å². The zero-order valence-corrected chi connectivity index (χ0v) is 15.2. The highest BCUT2D eigenvalue weighted by Gasteiger charge is 2.20. The largest absolute Gasteiger partial charge is 0.310 e. The van der Waals surface area contributed by atoms with E-state index >= 15 is 0 Å². The maximum absolute atomic E-state index is 12.5. The van der Waals surface area contributed by atoms with Crippen LogP contribution in [0.1, 0.15) is 43.1 Å². The molecule has 0 fully saturated rings. The molecule has 1 amide bonds. The number of likely N-dealkylation sites (N-methyl/N-ethyl adjacent to an activating group) is 1. The molecule has 2 heterocycles. The van der Waals surface area contributed by atoms with Crippen LogP contribution >= 0.6 is 11.3 Å². The summed E-state index contributed by atoms with van der Waals surface area (Å²) < 4.78 is 1.86. The molecular formula is C16H25N5OS. The third-order valence-corrected chi connectivity index (χ3v) is 4.94. The number of rotatable bonds is 7. The number of hydrogen-bond donors (Lipinski definition) is 1. The lowest BCUT2D eigenvalue weighted by molar-refractivity contribution is -0.120. The molecule has 0 saturated heterocycles. The summed E-state index contributed by atoms with van der Waals surface area (Å²) in [7, 11) is 1.95. The van der Waals surface area contributed by atoms with Crippen LogP contribution in [0.5, 0.6) is 0 Å². The van der Waals surface area contributed by atoms with Gasteiger partial charge in [0.05, 0.1) is 23.3 Å². The quantitative estimate of drug-likeness (QED) is 0.844. The van der Waals surface area contributed by atoms with Crippen LogP contribution in [0.2, 0.25) is 0 Å². The SMILES string of the molecule is CC[C@H](C)n1nccc1NC(=O)[C@@H](C)N(C)Cc1cnc(C)s1. The van der Waals surface area contributed by atoms with Gasteiger partial charge in [0.15, 0.2) is 0 Å². The third kappa shape index (κ3) is 4.39. The Balaban J connectivity index is 1.98. The standard InChI is InChI=1S/C16H25N5OS/c1-6-11(2)21-15(7-8-18-21)19-16(22)12(3)20(5)10-14-9-17-13(4)23-14/h7-9,11-12H,6,10H2,1-5H3,(H,19,22)/t11-,12+/m0/s1. The van der Waals surface area contributed by atoms with Gasteiger partial charge in [-0.1, -0.05) is 6.92 Å². The molecule has 0 aromatic carbocycles. The monoisotopic (exact) mass is 335 g/mol. The Bertz CT molecular complexity index is 650. The molecule has 0 radical (unpaired) electrons. The first kappa shape index (κ1) is 17.6. The summed E-state index contributed by atoms with van der Waals surface area (Å²) in [6.45, 7) is 8.80. The van der Waals surface area contributed by atoms with Crippen LogP contribution < -0.4 is 5.32 Å². The minimum atomic E-state index is -0.238. The fourth-order valence-electron chi connectivity index (χ4n) is 2.23.